The number of nitrogens with one attached hydrogen (secondary N) is 1. The summed E-state index contributed by atoms with van der Waals surface area (Å²) in [5.74, 6) is 0.684. The number of nitrogens with zero attached hydrogens (tertiary/aromatic N) is 3. The van der Waals surface area contributed by atoms with Crippen LogP contribution in [0, 0.1) is 0 Å². The highest BCUT2D eigenvalue weighted by atomic mass is 16.3. The lowest BCUT2D eigenvalue weighted by atomic mass is 10.2. The molecule has 7 heteroatoms. The van der Waals surface area contributed by atoms with E-state index in [2.05, 4.69) is 10.2 Å². The molecule has 3 heterocycles. The number of para-hydroxylation sites is 2. The molecule has 0 saturated carbocycles. The molecule has 7 nitrogen and oxygen atoms in total. The first-order valence-corrected chi connectivity index (χ1v) is 9.33. The fourth-order valence-corrected chi connectivity index (χ4v) is 3.87. The molecule has 1 amide bonds. The van der Waals surface area contributed by atoms with Gasteiger partial charge in [0.1, 0.15) is 12.3 Å². The second-order valence-corrected chi connectivity index (χ2v) is 6.99. The van der Waals surface area contributed by atoms with Gasteiger partial charge in [-0.1, -0.05) is 12.1 Å². The minimum absolute atomic E-state index is 0.00502. The van der Waals surface area contributed by atoms with Crippen molar-refractivity contribution in [2.75, 3.05) is 19.6 Å². The summed E-state index contributed by atoms with van der Waals surface area (Å²) >= 11 is 0. The van der Waals surface area contributed by atoms with Crippen LogP contribution >= 0.6 is 0 Å². The Morgan fingerprint density at radius 3 is 2.59 bits per heavy atom. The second-order valence-electron chi connectivity index (χ2n) is 6.99. The van der Waals surface area contributed by atoms with Crippen molar-refractivity contribution < 1.29 is 9.21 Å². The number of amides is 1. The van der Waals surface area contributed by atoms with Crippen LogP contribution in [0.3, 0.4) is 0 Å². The molecule has 1 N–H and O–H groups in total. The van der Waals surface area contributed by atoms with Crippen LogP contribution < -0.4 is 11.0 Å². The Morgan fingerprint density at radius 2 is 1.89 bits per heavy atom. The average molecular weight is 368 g/mol. The first-order chi connectivity index (χ1) is 13.1. The maximum atomic E-state index is 12.6. The summed E-state index contributed by atoms with van der Waals surface area (Å²) in [5, 5.41) is 2.99. The number of hydrogen-bond donors (Lipinski definition) is 1. The van der Waals surface area contributed by atoms with Crippen LogP contribution in [0.2, 0.25) is 0 Å². The molecule has 27 heavy (non-hydrogen) atoms. The van der Waals surface area contributed by atoms with E-state index in [1.165, 1.54) is 4.57 Å². The summed E-state index contributed by atoms with van der Waals surface area (Å²) in [6.45, 7) is 2.48. The number of carbonyl (C=O) groups is 1. The van der Waals surface area contributed by atoms with Crippen molar-refractivity contribution in [3.8, 4) is 0 Å². The van der Waals surface area contributed by atoms with Crippen molar-refractivity contribution in [3.05, 3.63) is 58.9 Å². The van der Waals surface area contributed by atoms with Gasteiger partial charge >= 0.3 is 5.69 Å². The highest BCUT2D eigenvalue weighted by molar-refractivity contribution is 5.80. The van der Waals surface area contributed by atoms with Crippen molar-refractivity contribution in [1.29, 1.82) is 0 Å². The molecule has 1 unspecified atom stereocenters. The number of benzene rings is 1. The van der Waals surface area contributed by atoms with Gasteiger partial charge in [-0.25, -0.2) is 4.79 Å². The lowest BCUT2D eigenvalue weighted by Gasteiger charge is -2.26. The number of aryl methyl sites for hydroxylation is 1. The molecule has 142 valence electrons. The molecule has 1 atom stereocenters. The van der Waals surface area contributed by atoms with Gasteiger partial charge in [0.2, 0.25) is 5.91 Å². The molecule has 1 aliphatic rings. The largest absolute Gasteiger partial charge is 0.468 e. The maximum Gasteiger partial charge on any atom is 0.329 e. The molecule has 1 aliphatic heterocycles. The predicted octanol–water partition coefficient (Wildman–Crippen LogP) is 1.89. The number of aromatic nitrogens is 2. The average Bonchev–Trinajstić information content (AvgIpc) is 3.43. The van der Waals surface area contributed by atoms with Gasteiger partial charge in [-0.15, -0.1) is 0 Å². The third-order valence-corrected chi connectivity index (χ3v) is 5.30. The third-order valence-electron chi connectivity index (χ3n) is 5.30. The zero-order valence-corrected chi connectivity index (χ0v) is 15.4. The number of fused-ring (bicyclic) bond motifs is 1. The van der Waals surface area contributed by atoms with Gasteiger partial charge in [-0.2, -0.15) is 0 Å². The Bertz CT molecular complexity index is 980. The lowest BCUT2D eigenvalue weighted by molar-refractivity contribution is -0.121. The Labute approximate surface area is 157 Å². The summed E-state index contributed by atoms with van der Waals surface area (Å²) in [6.07, 6.45) is 3.99. The van der Waals surface area contributed by atoms with E-state index in [-0.39, 0.29) is 24.2 Å². The van der Waals surface area contributed by atoms with E-state index in [4.69, 9.17) is 4.42 Å². The molecule has 1 saturated heterocycles. The SMILES string of the molecule is Cn1c(=O)n(CC(=O)NCC(c2ccco2)N2CCCC2)c2ccccc21. The van der Waals surface area contributed by atoms with E-state index in [1.807, 2.05) is 36.4 Å². The van der Waals surface area contributed by atoms with E-state index >= 15 is 0 Å². The standard InChI is InChI=1S/C20H24N4O3/c1-22-15-7-2-3-8-16(15)24(20(22)26)14-19(25)21-13-17(18-9-6-12-27-18)23-10-4-5-11-23/h2-3,6-9,12,17H,4-5,10-11,13-14H2,1H3,(H,21,25). The Hall–Kier alpha value is -2.80. The highest BCUT2D eigenvalue weighted by Gasteiger charge is 2.26. The van der Waals surface area contributed by atoms with Gasteiger partial charge in [-0.3, -0.25) is 18.8 Å². The van der Waals surface area contributed by atoms with Crippen molar-refractivity contribution in [2.24, 2.45) is 7.05 Å². The summed E-state index contributed by atoms with van der Waals surface area (Å²) in [5.41, 5.74) is 1.40. The van der Waals surface area contributed by atoms with Gasteiger partial charge in [0.25, 0.3) is 0 Å². The molecule has 0 aliphatic carbocycles. The fourth-order valence-electron chi connectivity index (χ4n) is 3.87. The Morgan fingerprint density at radius 1 is 1.15 bits per heavy atom. The fraction of sp³-hybridized carbons (Fsp3) is 0.400. The van der Waals surface area contributed by atoms with Gasteiger partial charge < -0.3 is 9.73 Å². The minimum atomic E-state index is -0.187. The van der Waals surface area contributed by atoms with Gasteiger partial charge in [0.15, 0.2) is 0 Å². The van der Waals surface area contributed by atoms with E-state index in [0.29, 0.717) is 6.54 Å². The van der Waals surface area contributed by atoms with Crippen LogP contribution in [0.1, 0.15) is 24.6 Å². The highest BCUT2D eigenvalue weighted by Crippen LogP contribution is 2.24. The molecular weight excluding hydrogens is 344 g/mol. The number of hydrogen-bond acceptors (Lipinski definition) is 4. The quantitative estimate of drug-likeness (QED) is 0.721. The number of furan rings is 1. The van der Waals surface area contributed by atoms with E-state index in [0.717, 1.165) is 42.7 Å². The van der Waals surface area contributed by atoms with Gasteiger partial charge in [-0.05, 0) is 50.2 Å². The topological polar surface area (TPSA) is 72.4 Å². The van der Waals surface area contributed by atoms with Gasteiger partial charge in [0, 0.05) is 13.6 Å². The van der Waals surface area contributed by atoms with E-state index in [9.17, 15) is 9.59 Å². The second kappa shape index (κ2) is 7.44. The van der Waals surface area contributed by atoms with Crippen LogP contribution in [-0.2, 0) is 18.4 Å². The molecule has 1 aromatic carbocycles. The zero-order chi connectivity index (χ0) is 18.8. The van der Waals surface area contributed by atoms with Crippen LogP contribution in [-0.4, -0.2) is 39.6 Å². The third kappa shape index (κ3) is 3.42. The maximum absolute atomic E-state index is 12.6. The normalized spacial score (nSPS) is 16.0. The molecule has 0 spiro atoms. The summed E-state index contributed by atoms with van der Waals surface area (Å²) in [7, 11) is 1.72. The molecular formula is C20H24N4O3. The number of carbonyl (C=O) groups excluding carboxylic acids is 1. The molecule has 1 fully saturated rings. The zero-order valence-electron chi connectivity index (χ0n) is 15.4. The predicted molar refractivity (Wildman–Crippen MR) is 102 cm³/mol. The summed E-state index contributed by atoms with van der Waals surface area (Å²) < 4.78 is 8.67. The Kier molecular flexibility index (Phi) is 4.85. The van der Waals surface area contributed by atoms with Crippen molar-refractivity contribution in [1.82, 2.24) is 19.4 Å². The first-order valence-electron chi connectivity index (χ1n) is 9.33. The molecule has 0 radical (unpaired) electrons. The van der Waals surface area contributed by atoms with Crippen LogP contribution in [0.15, 0.2) is 51.9 Å². The van der Waals surface area contributed by atoms with Gasteiger partial charge in [0.05, 0.1) is 23.3 Å². The summed E-state index contributed by atoms with van der Waals surface area (Å²) in [4.78, 5) is 27.4. The van der Waals surface area contributed by atoms with Crippen LogP contribution in [0.25, 0.3) is 11.0 Å². The Balaban J connectivity index is 1.48. The molecule has 4 rings (SSSR count). The molecule has 2 aromatic heterocycles. The van der Waals surface area contributed by atoms with E-state index in [1.54, 1.807) is 17.9 Å². The van der Waals surface area contributed by atoms with Crippen LogP contribution in [0.5, 0.6) is 0 Å². The molecule has 3 aromatic rings. The smallest absolute Gasteiger partial charge is 0.329 e. The minimum Gasteiger partial charge on any atom is -0.468 e. The number of likely N-dealkylation sites (tertiary alicyclic amines) is 1. The van der Waals surface area contributed by atoms with Crippen molar-refractivity contribution in [3.63, 3.8) is 0 Å². The van der Waals surface area contributed by atoms with Crippen molar-refractivity contribution >= 4 is 16.9 Å². The van der Waals surface area contributed by atoms with Crippen molar-refractivity contribution in [2.45, 2.75) is 25.4 Å². The molecule has 0 bridgehead atoms. The van der Waals surface area contributed by atoms with Crippen LogP contribution in [0.4, 0.5) is 0 Å². The number of imidazole rings is 1. The first kappa shape index (κ1) is 17.6. The summed E-state index contributed by atoms with van der Waals surface area (Å²) in [6, 6.07) is 11.3. The lowest BCUT2D eigenvalue weighted by Crippen LogP contribution is -2.39. The monoisotopic (exact) mass is 368 g/mol. The van der Waals surface area contributed by atoms with E-state index < -0.39 is 0 Å². The number of rotatable bonds is 6.